The number of nitrogens with zero attached hydrogens (tertiary/aromatic N) is 3. The van der Waals surface area contributed by atoms with E-state index in [1.54, 1.807) is 0 Å². The summed E-state index contributed by atoms with van der Waals surface area (Å²) in [6.45, 7) is 6.23. The van der Waals surface area contributed by atoms with Gasteiger partial charge in [-0.2, -0.15) is 0 Å². The van der Waals surface area contributed by atoms with Crippen molar-refractivity contribution in [1.29, 1.82) is 0 Å². The van der Waals surface area contributed by atoms with E-state index in [4.69, 9.17) is 9.47 Å². The van der Waals surface area contributed by atoms with Crippen LogP contribution in [0.4, 0.5) is 5.13 Å². The molecular weight excluding hydrogens is 408 g/mol. The summed E-state index contributed by atoms with van der Waals surface area (Å²) in [5, 5.41) is 5.14. The number of amides is 3. The molecule has 2 bridgehead atoms. The van der Waals surface area contributed by atoms with Gasteiger partial charge in [-0.3, -0.25) is 24.2 Å². The number of hydrogen-bond donors (Lipinski definition) is 1. The molecule has 0 aromatic carbocycles. The molecule has 0 aliphatic carbocycles. The van der Waals surface area contributed by atoms with Crippen LogP contribution < -0.4 is 5.32 Å². The van der Waals surface area contributed by atoms with Gasteiger partial charge in [-0.25, -0.2) is 4.98 Å². The van der Waals surface area contributed by atoms with Gasteiger partial charge in [0.05, 0.1) is 41.9 Å². The predicted octanol–water partition coefficient (Wildman–Crippen LogP) is 0.853. The van der Waals surface area contributed by atoms with E-state index in [0.29, 0.717) is 11.7 Å². The van der Waals surface area contributed by atoms with Crippen LogP contribution in [0.1, 0.15) is 32.4 Å². The number of morpholine rings is 1. The van der Waals surface area contributed by atoms with Crippen molar-refractivity contribution in [3.63, 3.8) is 0 Å². The monoisotopic (exact) mass is 434 g/mol. The van der Waals surface area contributed by atoms with Gasteiger partial charge in [0, 0.05) is 25.0 Å². The lowest BCUT2D eigenvalue weighted by Crippen LogP contribution is -2.44. The van der Waals surface area contributed by atoms with Gasteiger partial charge in [-0.1, -0.05) is 0 Å². The quantitative estimate of drug-likeness (QED) is 0.686. The summed E-state index contributed by atoms with van der Waals surface area (Å²) in [6.07, 6.45) is 1.65. The van der Waals surface area contributed by atoms with Crippen LogP contribution in [0.3, 0.4) is 0 Å². The summed E-state index contributed by atoms with van der Waals surface area (Å²) in [7, 11) is 0. The maximum atomic E-state index is 12.7. The second-order valence-corrected chi connectivity index (χ2v) is 9.61. The van der Waals surface area contributed by atoms with E-state index in [2.05, 4.69) is 29.0 Å². The van der Waals surface area contributed by atoms with Crippen molar-refractivity contribution in [2.75, 3.05) is 25.0 Å². The number of hydrogen-bond acceptors (Lipinski definition) is 8. The van der Waals surface area contributed by atoms with E-state index < -0.39 is 17.7 Å². The molecule has 5 rings (SSSR count). The summed E-state index contributed by atoms with van der Waals surface area (Å²) in [4.78, 5) is 45.7. The number of nitrogens with one attached hydrogen (secondary N) is 1. The van der Waals surface area contributed by atoms with Gasteiger partial charge in [0.15, 0.2) is 5.13 Å². The van der Waals surface area contributed by atoms with E-state index in [1.165, 1.54) is 11.3 Å². The van der Waals surface area contributed by atoms with Crippen molar-refractivity contribution < 1.29 is 23.9 Å². The molecule has 9 nitrogen and oxygen atoms in total. The molecule has 162 valence electrons. The minimum atomic E-state index is -0.408. The predicted molar refractivity (Wildman–Crippen MR) is 108 cm³/mol. The molecule has 4 fully saturated rings. The van der Waals surface area contributed by atoms with Crippen LogP contribution in [-0.4, -0.2) is 76.6 Å². The average molecular weight is 435 g/mol. The third-order valence-electron chi connectivity index (χ3n) is 6.36. The number of rotatable bonds is 5. The van der Waals surface area contributed by atoms with Crippen LogP contribution in [0.15, 0.2) is 5.38 Å². The number of likely N-dealkylation sites (tertiary alicyclic amines) is 1. The number of imide groups is 1. The lowest BCUT2D eigenvalue weighted by Gasteiger charge is -2.34. The number of carbonyl (C=O) groups is 3. The molecule has 0 saturated carbocycles. The first-order valence-corrected chi connectivity index (χ1v) is 11.4. The Morgan fingerprint density at radius 1 is 1.13 bits per heavy atom. The zero-order chi connectivity index (χ0) is 21.0. The van der Waals surface area contributed by atoms with Crippen molar-refractivity contribution in [1.82, 2.24) is 14.8 Å². The molecule has 1 N–H and O–H groups in total. The summed E-state index contributed by atoms with van der Waals surface area (Å²) in [5.74, 6) is -1.77. The molecule has 1 aromatic rings. The Hall–Kier alpha value is -1.88. The molecule has 30 heavy (non-hydrogen) atoms. The fraction of sp³-hybridized carbons (Fsp3) is 0.700. The van der Waals surface area contributed by atoms with Gasteiger partial charge < -0.3 is 14.8 Å². The Morgan fingerprint density at radius 3 is 2.40 bits per heavy atom. The van der Waals surface area contributed by atoms with Crippen LogP contribution in [-0.2, 0) is 30.4 Å². The first-order valence-electron chi connectivity index (χ1n) is 10.5. The number of aromatic nitrogens is 1. The third kappa shape index (κ3) is 3.55. The van der Waals surface area contributed by atoms with Gasteiger partial charge in [-0.15, -0.1) is 11.3 Å². The maximum absolute atomic E-state index is 12.7. The first kappa shape index (κ1) is 20.0. The van der Waals surface area contributed by atoms with Crippen LogP contribution in [0, 0.1) is 11.8 Å². The van der Waals surface area contributed by atoms with Crippen LogP contribution in [0.25, 0.3) is 0 Å². The summed E-state index contributed by atoms with van der Waals surface area (Å²) < 4.78 is 11.5. The van der Waals surface area contributed by atoms with Crippen LogP contribution >= 0.6 is 11.3 Å². The largest absolute Gasteiger partial charge is 0.373 e. The first-order chi connectivity index (χ1) is 14.4. The van der Waals surface area contributed by atoms with Crippen molar-refractivity contribution in [2.45, 2.75) is 57.6 Å². The SMILES string of the molecule is C[C@@H]1CN(Cc2csc(NC(=O)CN3C(=O)[C@H]4[C@H](C3=O)[C@H]3CC[C@H]4O3)n2)C[C@@H](C)O1. The molecule has 6 atom stereocenters. The highest BCUT2D eigenvalue weighted by Crippen LogP contribution is 2.48. The zero-order valence-electron chi connectivity index (χ0n) is 17.1. The van der Waals surface area contributed by atoms with Crippen molar-refractivity contribution in [3.8, 4) is 0 Å². The Labute approximate surface area is 178 Å². The van der Waals surface area contributed by atoms with Gasteiger partial charge in [0.25, 0.3) is 0 Å². The topological polar surface area (TPSA) is 101 Å². The van der Waals surface area contributed by atoms with Gasteiger partial charge in [0.2, 0.25) is 17.7 Å². The number of carbonyl (C=O) groups excluding carboxylic acids is 3. The lowest BCUT2D eigenvalue weighted by atomic mass is 9.81. The lowest BCUT2D eigenvalue weighted by molar-refractivity contribution is -0.145. The smallest absolute Gasteiger partial charge is 0.246 e. The Balaban J connectivity index is 1.17. The van der Waals surface area contributed by atoms with Crippen molar-refractivity contribution in [3.05, 3.63) is 11.1 Å². The highest BCUT2D eigenvalue weighted by Gasteiger charge is 2.62. The summed E-state index contributed by atoms with van der Waals surface area (Å²) >= 11 is 1.35. The summed E-state index contributed by atoms with van der Waals surface area (Å²) in [5.41, 5.74) is 0.883. The van der Waals surface area contributed by atoms with Gasteiger partial charge in [0.1, 0.15) is 6.54 Å². The van der Waals surface area contributed by atoms with Gasteiger partial charge in [-0.05, 0) is 26.7 Å². The Kier molecular flexibility index (Phi) is 5.12. The molecule has 1 aromatic heterocycles. The molecule has 0 unspecified atom stereocenters. The molecule has 10 heteroatoms. The normalized spacial score (nSPS) is 35.9. The van der Waals surface area contributed by atoms with Crippen molar-refractivity contribution >= 4 is 34.2 Å². The van der Waals surface area contributed by atoms with Crippen molar-refractivity contribution in [2.24, 2.45) is 11.8 Å². The summed E-state index contributed by atoms with van der Waals surface area (Å²) in [6, 6.07) is 0. The zero-order valence-corrected chi connectivity index (χ0v) is 17.9. The minimum Gasteiger partial charge on any atom is -0.373 e. The van der Waals surface area contributed by atoms with Crippen LogP contribution in [0.2, 0.25) is 0 Å². The fourth-order valence-corrected chi connectivity index (χ4v) is 6.03. The standard InChI is InChI=1S/C20H26N4O5S/c1-10-5-23(6-11(2)28-10)7-12-9-30-20(21-12)22-15(25)8-24-18(26)16-13-3-4-14(29-13)17(16)19(24)27/h9-11,13-14,16-17H,3-8H2,1-2H3,(H,21,22,25)/t10-,11-,13-,14-,16-,17-/m1/s1. The highest BCUT2D eigenvalue weighted by molar-refractivity contribution is 7.13. The molecule has 4 aliphatic rings. The number of fused-ring (bicyclic) bond motifs is 5. The van der Waals surface area contributed by atoms with Crippen LogP contribution in [0.5, 0.6) is 0 Å². The second kappa shape index (κ2) is 7.67. The third-order valence-corrected chi connectivity index (χ3v) is 7.16. The van der Waals surface area contributed by atoms with Gasteiger partial charge >= 0.3 is 0 Å². The van der Waals surface area contributed by atoms with E-state index in [9.17, 15) is 14.4 Å². The number of anilines is 1. The average Bonchev–Trinajstić information content (AvgIpc) is 3.43. The Morgan fingerprint density at radius 2 is 1.77 bits per heavy atom. The highest BCUT2D eigenvalue weighted by atomic mass is 32.1. The van der Waals surface area contributed by atoms with E-state index in [-0.39, 0.29) is 42.8 Å². The maximum Gasteiger partial charge on any atom is 0.246 e. The molecule has 3 amide bonds. The fourth-order valence-electron chi connectivity index (χ4n) is 5.31. The van der Waals surface area contributed by atoms with E-state index in [1.807, 2.05) is 5.38 Å². The minimum absolute atomic E-state index is 0.170. The molecule has 5 heterocycles. The number of thiazole rings is 1. The molecular formula is C20H26N4O5S. The van der Waals surface area contributed by atoms with E-state index >= 15 is 0 Å². The molecule has 0 spiro atoms. The second-order valence-electron chi connectivity index (χ2n) is 8.75. The number of ether oxygens (including phenoxy) is 2. The van der Waals surface area contributed by atoms with E-state index in [0.717, 1.165) is 36.5 Å². The molecule has 4 aliphatic heterocycles. The molecule has 4 saturated heterocycles. The Bertz CT molecular complexity index is 837. The molecule has 0 radical (unpaired) electrons.